The Labute approximate surface area is 347 Å². The number of hydrogen-bond donors (Lipinski definition) is 4. The number of esters is 3. The standard InChI is InChI=1S/C46H51NO13/c1-25-30(58-42(54)35(50)34(27-16-10-7-11-17-27)47-40(52)28-18-12-8-13-19-28)23-46(55)39(59-41(53)29-20-14-9-15-21-29)37-44(5,38(51)36(56-6)33(25)43(46,3)4)31(49)22-32-45(37,24-57-32)60-26(2)48/h7-21,30-32,34-37,39,49-50,55H,22-24H2,1-6H3,(H,47,52)/t30-,31-,32+,34-,35+,36+,37-,39-,44+,45-,46+/m0/s1. The van der Waals surface area contributed by atoms with Crippen LogP contribution >= 0.6 is 0 Å². The van der Waals surface area contributed by atoms with Crippen LogP contribution in [0.25, 0.3) is 0 Å². The summed E-state index contributed by atoms with van der Waals surface area (Å²) in [5, 5.41) is 40.1. The van der Waals surface area contributed by atoms with Crippen LogP contribution in [0.5, 0.6) is 0 Å². The Morgan fingerprint density at radius 2 is 1.47 bits per heavy atom. The monoisotopic (exact) mass is 825 g/mol. The zero-order valence-corrected chi connectivity index (χ0v) is 34.3. The average Bonchev–Trinajstić information content (AvgIpc) is 3.23. The molecular weight excluding hydrogens is 774 g/mol. The lowest BCUT2D eigenvalue weighted by molar-refractivity contribution is -0.346. The minimum atomic E-state index is -2.27. The van der Waals surface area contributed by atoms with Crippen molar-refractivity contribution in [3.63, 3.8) is 0 Å². The van der Waals surface area contributed by atoms with Crippen molar-refractivity contribution < 1.29 is 63.0 Å². The molecule has 60 heavy (non-hydrogen) atoms. The molecule has 3 aliphatic carbocycles. The molecule has 11 atom stereocenters. The predicted molar refractivity (Wildman–Crippen MR) is 213 cm³/mol. The number of rotatable bonds is 10. The molecule has 4 aliphatic rings. The van der Waals surface area contributed by atoms with Gasteiger partial charge in [0.05, 0.1) is 35.6 Å². The highest BCUT2D eigenvalue weighted by Crippen LogP contribution is 2.64. The molecule has 14 heteroatoms. The quantitative estimate of drug-likeness (QED) is 0.131. The summed E-state index contributed by atoms with van der Waals surface area (Å²) < 4.78 is 30.5. The van der Waals surface area contributed by atoms with Gasteiger partial charge in [0.25, 0.3) is 5.91 Å². The Balaban J connectivity index is 1.36. The van der Waals surface area contributed by atoms with Crippen LogP contribution in [0.4, 0.5) is 0 Å². The second-order valence-corrected chi connectivity index (χ2v) is 17.0. The van der Waals surface area contributed by atoms with E-state index < -0.39 is 107 Å². The smallest absolute Gasteiger partial charge is 0.338 e. The fraction of sp³-hybridized carbons (Fsp3) is 0.457. The van der Waals surface area contributed by atoms with Gasteiger partial charge in [0.2, 0.25) is 0 Å². The molecule has 1 heterocycles. The van der Waals surface area contributed by atoms with E-state index in [1.165, 1.54) is 33.1 Å². The molecule has 4 N–H and O–H groups in total. The van der Waals surface area contributed by atoms with E-state index in [4.69, 9.17) is 23.7 Å². The normalized spacial score (nSPS) is 32.6. The van der Waals surface area contributed by atoms with Crippen LogP contribution in [-0.2, 0) is 38.1 Å². The van der Waals surface area contributed by atoms with Crippen molar-refractivity contribution in [2.75, 3.05) is 13.7 Å². The SMILES string of the molecule is CO[C@H]1C(=O)[C@@]2(C)[C@H]([C@H](OC(=O)c3ccccc3)[C@]3(O)C[C@H](OC(=O)[C@H](O)[C@@H](NC(=O)c4ccccc4)c4ccccc4)C(C)=C1C3(C)C)[C@]1(OC(C)=O)CO[C@@H]1C[C@@H]2O. The predicted octanol–water partition coefficient (Wildman–Crippen LogP) is 3.82. The number of methoxy groups -OCH3 is 1. The van der Waals surface area contributed by atoms with Gasteiger partial charge in [-0.2, -0.15) is 0 Å². The molecular formula is C46H51NO13. The van der Waals surface area contributed by atoms with Crippen molar-refractivity contribution in [3.05, 3.63) is 119 Å². The van der Waals surface area contributed by atoms with E-state index in [1.807, 2.05) is 0 Å². The van der Waals surface area contributed by atoms with E-state index in [0.29, 0.717) is 11.1 Å². The third-order valence-corrected chi connectivity index (χ3v) is 13.4. The highest BCUT2D eigenvalue weighted by Gasteiger charge is 2.78. The molecule has 3 aromatic rings. The number of carbonyl (C=O) groups excluding carboxylic acids is 5. The molecule has 0 unspecified atom stereocenters. The van der Waals surface area contributed by atoms with Gasteiger partial charge in [-0.05, 0) is 54.8 Å². The maximum atomic E-state index is 15.3. The molecule has 1 aliphatic heterocycles. The highest BCUT2D eigenvalue weighted by atomic mass is 16.6. The Morgan fingerprint density at radius 1 is 0.883 bits per heavy atom. The summed E-state index contributed by atoms with van der Waals surface area (Å²) in [4.78, 5) is 70.2. The molecule has 2 saturated carbocycles. The number of ketones is 1. The van der Waals surface area contributed by atoms with Gasteiger partial charge in [0.15, 0.2) is 17.5 Å². The van der Waals surface area contributed by atoms with Crippen LogP contribution < -0.4 is 5.32 Å². The van der Waals surface area contributed by atoms with Crippen molar-refractivity contribution in [2.24, 2.45) is 16.7 Å². The fourth-order valence-electron chi connectivity index (χ4n) is 10.1. The largest absolute Gasteiger partial charge is 0.456 e. The van der Waals surface area contributed by atoms with Gasteiger partial charge < -0.3 is 44.3 Å². The Kier molecular flexibility index (Phi) is 11.4. The second-order valence-electron chi connectivity index (χ2n) is 17.0. The van der Waals surface area contributed by atoms with E-state index in [1.54, 1.807) is 99.6 Å². The van der Waals surface area contributed by atoms with Crippen LogP contribution in [0.15, 0.2) is 102 Å². The molecule has 3 aromatic carbocycles. The summed E-state index contributed by atoms with van der Waals surface area (Å²) in [7, 11) is 1.30. The Morgan fingerprint density at radius 3 is 2.02 bits per heavy atom. The highest BCUT2D eigenvalue weighted by molar-refractivity contribution is 5.95. The lowest BCUT2D eigenvalue weighted by atomic mass is 9.44. The number of fused-ring (bicyclic) bond motifs is 5. The van der Waals surface area contributed by atoms with Crippen molar-refractivity contribution in [1.29, 1.82) is 0 Å². The first-order chi connectivity index (χ1) is 28.4. The molecule has 318 valence electrons. The maximum absolute atomic E-state index is 15.3. The van der Waals surface area contributed by atoms with E-state index in [9.17, 15) is 34.5 Å². The van der Waals surface area contributed by atoms with Gasteiger partial charge >= 0.3 is 17.9 Å². The van der Waals surface area contributed by atoms with Gasteiger partial charge in [-0.3, -0.25) is 14.4 Å². The molecule has 3 fully saturated rings. The summed E-state index contributed by atoms with van der Waals surface area (Å²) in [5.74, 6) is -5.42. The summed E-state index contributed by atoms with van der Waals surface area (Å²) in [6.45, 7) is 7.37. The topological polar surface area (TPSA) is 204 Å². The van der Waals surface area contributed by atoms with Gasteiger partial charge in [0.1, 0.15) is 30.0 Å². The molecule has 0 aromatic heterocycles. The lowest BCUT2D eigenvalue weighted by Gasteiger charge is -2.67. The Bertz CT molecular complexity index is 2180. The molecule has 2 bridgehead atoms. The Hall–Kier alpha value is -5.25. The van der Waals surface area contributed by atoms with Gasteiger partial charge in [-0.15, -0.1) is 0 Å². The number of ether oxygens (including phenoxy) is 5. The fourth-order valence-corrected chi connectivity index (χ4v) is 10.1. The second kappa shape index (κ2) is 16.0. The molecule has 1 amide bonds. The molecule has 0 spiro atoms. The zero-order valence-electron chi connectivity index (χ0n) is 34.3. The van der Waals surface area contributed by atoms with Crippen molar-refractivity contribution >= 4 is 29.6 Å². The number of Topliss-reactive ketones (excluding diaryl/α,β-unsaturated/α-hetero) is 1. The summed E-state index contributed by atoms with van der Waals surface area (Å²) in [6, 6.07) is 23.3. The number of carbonyl (C=O) groups is 5. The van der Waals surface area contributed by atoms with E-state index >= 15 is 4.79 Å². The summed E-state index contributed by atoms with van der Waals surface area (Å²) >= 11 is 0. The van der Waals surface area contributed by atoms with Gasteiger partial charge in [-0.25, -0.2) is 9.59 Å². The summed E-state index contributed by atoms with van der Waals surface area (Å²) in [5.41, 5.74) is -6.01. The third kappa shape index (κ3) is 6.84. The van der Waals surface area contributed by atoms with Crippen LogP contribution in [0.3, 0.4) is 0 Å². The minimum absolute atomic E-state index is 0.112. The third-order valence-electron chi connectivity index (χ3n) is 13.4. The van der Waals surface area contributed by atoms with Gasteiger partial charge in [-0.1, -0.05) is 80.6 Å². The van der Waals surface area contributed by atoms with Crippen molar-refractivity contribution in [1.82, 2.24) is 5.32 Å². The first-order valence-electron chi connectivity index (χ1n) is 20.0. The van der Waals surface area contributed by atoms with Crippen LogP contribution in [0.1, 0.15) is 79.8 Å². The zero-order chi connectivity index (χ0) is 43.4. The summed E-state index contributed by atoms with van der Waals surface area (Å²) in [6.07, 6.45) is -9.51. The molecule has 14 nitrogen and oxygen atoms in total. The number of aliphatic hydroxyl groups is 3. The minimum Gasteiger partial charge on any atom is -0.456 e. The van der Waals surface area contributed by atoms with E-state index in [0.717, 1.165) is 0 Å². The number of benzene rings is 3. The maximum Gasteiger partial charge on any atom is 0.338 e. The number of amides is 1. The number of aliphatic hydroxyl groups excluding tert-OH is 2. The number of nitrogens with one attached hydrogen (secondary N) is 1. The van der Waals surface area contributed by atoms with E-state index in [-0.39, 0.29) is 29.7 Å². The van der Waals surface area contributed by atoms with Crippen molar-refractivity contribution in [2.45, 2.75) is 101 Å². The van der Waals surface area contributed by atoms with Crippen LogP contribution in [-0.4, -0.2) is 106 Å². The molecule has 7 rings (SSSR count). The van der Waals surface area contributed by atoms with Gasteiger partial charge in [0, 0.05) is 37.9 Å². The molecule has 1 saturated heterocycles. The van der Waals surface area contributed by atoms with E-state index in [2.05, 4.69) is 5.32 Å². The van der Waals surface area contributed by atoms with Crippen LogP contribution in [0.2, 0.25) is 0 Å². The number of hydrogen-bond acceptors (Lipinski definition) is 13. The average molecular weight is 826 g/mol. The first-order valence-corrected chi connectivity index (χ1v) is 20.0. The lowest BCUT2D eigenvalue weighted by Crippen LogP contribution is -2.81. The van der Waals surface area contributed by atoms with Crippen molar-refractivity contribution in [3.8, 4) is 0 Å². The molecule has 0 radical (unpaired) electrons. The first kappa shape index (κ1) is 42.9. The van der Waals surface area contributed by atoms with Crippen LogP contribution in [0, 0.1) is 16.7 Å².